The van der Waals surface area contributed by atoms with Crippen LogP contribution in [0.4, 0.5) is 0 Å². The minimum atomic E-state index is -0.772. The number of allylic oxidation sites excluding steroid dienone is 4. The van der Waals surface area contributed by atoms with Crippen LogP contribution in [-0.2, 0) is 28.6 Å². The average molecular weight is 944 g/mol. The molecule has 0 unspecified atom stereocenters. The van der Waals surface area contributed by atoms with Crippen molar-refractivity contribution in [1.29, 1.82) is 0 Å². The lowest BCUT2D eigenvalue weighted by molar-refractivity contribution is -0.167. The van der Waals surface area contributed by atoms with Crippen LogP contribution in [0.25, 0.3) is 0 Å². The molecule has 0 aliphatic heterocycles. The molecular weight excluding hydrogens is 829 g/mol. The van der Waals surface area contributed by atoms with Crippen LogP contribution in [0.5, 0.6) is 0 Å². The van der Waals surface area contributed by atoms with E-state index in [0.29, 0.717) is 19.3 Å². The van der Waals surface area contributed by atoms with Gasteiger partial charge in [-0.3, -0.25) is 14.4 Å². The molecule has 0 amide bonds. The summed E-state index contributed by atoms with van der Waals surface area (Å²) in [7, 11) is 0. The molecule has 1 atom stereocenters. The van der Waals surface area contributed by atoms with Crippen molar-refractivity contribution in [2.24, 2.45) is 0 Å². The predicted molar refractivity (Wildman–Crippen MR) is 289 cm³/mol. The Bertz CT molecular complexity index is 1080. The van der Waals surface area contributed by atoms with Gasteiger partial charge in [-0.25, -0.2) is 0 Å². The van der Waals surface area contributed by atoms with Crippen LogP contribution in [0.1, 0.15) is 329 Å². The van der Waals surface area contributed by atoms with E-state index in [-0.39, 0.29) is 31.1 Å². The monoisotopic (exact) mass is 943 g/mol. The summed E-state index contributed by atoms with van der Waals surface area (Å²) >= 11 is 0. The quantitative estimate of drug-likeness (QED) is 0.0262. The van der Waals surface area contributed by atoms with Crippen LogP contribution in [-0.4, -0.2) is 37.2 Å². The molecule has 0 radical (unpaired) electrons. The molecule has 0 aromatic carbocycles. The second kappa shape index (κ2) is 56.5. The van der Waals surface area contributed by atoms with Crippen molar-refractivity contribution in [1.82, 2.24) is 0 Å². The number of rotatable bonds is 55. The summed E-state index contributed by atoms with van der Waals surface area (Å²) in [5, 5.41) is 0. The summed E-state index contributed by atoms with van der Waals surface area (Å²) in [4.78, 5) is 38.2. The zero-order valence-electron chi connectivity index (χ0n) is 45.2. The maximum absolute atomic E-state index is 12.9. The third kappa shape index (κ3) is 54.7. The predicted octanol–water partition coefficient (Wildman–Crippen LogP) is 19.9. The fourth-order valence-electron chi connectivity index (χ4n) is 8.91. The van der Waals surface area contributed by atoms with E-state index in [9.17, 15) is 14.4 Å². The Morgan fingerprint density at radius 3 is 0.746 bits per heavy atom. The number of hydrogen-bond acceptors (Lipinski definition) is 6. The Balaban J connectivity index is 4.34. The minimum absolute atomic E-state index is 0.0717. The van der Waals surface area contributed by atoms with Crippen molar-refractivity contribution in [3.63, 3.8) is 0 Å². The third-order valence-electron chi connectivity index (χ3n) is 13.4. The van der Waals surface area contributed by atoms with Crippen molar-refractivity contribution in [2.45, 2.75) is 335 Å². The van der Waals surface area contributed by atoms with E-state index >= 15 is 0 Å². The summed E-state index contributed by atoms with van der Waals surface area (Å²) in [6.45, 7) is 6.67. The highest BCUT2D eigenvalue weighted by molar-refractivity contribution is 5.71. The first kappa shape index (κ1) is 64.9. The second-order valence-corrected chi connectivity index (χ2v) is 20.3. The van der Waals surface area contributed by atoms with Gasteiger partial charge in [0.15, 0.2) is 6.10 Å². The van der Waals surface area contributed by atoms with Crippen LogP contribution in [0.3, 0.4) is 0 Å². The van der Waals surface area contributed by atoms with Gasteiger partial charge >= 0.3 is 17.9 Å². The normalized spacial score (nSPS) is 12.1. The van der Waals surface area contributed by atoms with Crippen LogP contribution in [0.2, 0.25) is 0 Å². The Morgan fingerprint density at radius 1 is 0.284 bits per heavy atom. The van der Waals surface area contributed by atoms with Crippen molar-refractivity contribution < 1.29 is 28.6 Å². The van der Waals surface area contributed by atoms with Crippen LogP contribution >= 0.6 is 0 Å². The first-order valence-corrected chi connectivity index (χ1v) is 29.8. The molecule has 0 fully saturated rings. The van der Waals surface area contributed by atoms with Gasteiger partial charge in [0.1, 0.15) is 13.2 Å². The molecule has 0 bridgehead atoms. The summed E-state index contributed by atoms with van der Waals surface area (Å²) in [5.74, 6) is -0.862. The van der Waals surface area contributed by atoms with E-state index in [1.165, 1.54) is 225 Å². The number of ether oxygens (including phenoxy) is 3. The number of carbonyl (C=O) groups is 3. The van der Waals surface area contributed by atoms with E-state index in [4.69, 9.17) is 14.2 Å². The lowest BCUT2D eigenvalue weighted by Gasteiger charge is -2.18. The zero-order valence-corrected chi connectivity index (χ0v) is 45.2. The molecule has 6 nitrogen and oxygen atoms in total. The van der Waals surface area contributed by atoms with Gasteiger partial charge in [-0.1, -0.05) is 263 Å². The van der Waals surface area contributed by atoms with Gasteiger partial charge < -0.3 is 14.2 Å². The van der Waals surface area contributed by atoms with E-state index < -0.39 is 6.10 Å². The average Bonchev–Trinajstić information content (AvgIpc) is 3.33. The highest BCUT2D eigenvalue weighted by Crippen LogP contribution is 2.17. The van der Waals surface area contributed by atoms with Gasteiger partial charge in [-0.15, -0.1) is 0 Å². The van der Waals surface area contributed by atoms with E-state index in [1.807, 2.05) is 0 Å². The zero-order chi connectivity index (χ0) is 48.6. The van der Waals surface area contributed by atoms with Crippen molar-refractivity contribution in [2.75, 3.05) is 13.2 Å². The number of hydrogen-bond donors (Lipinski definition) is 0. The van der Waals surface area contributed by atoms with Crippen LogP contribution in [0, 0.1) is 0 Å². The first-order chi connectivity index (χ1) is 33.0. The molecule has 394 valence electrons. The molecule has 0 aliphatic rings. The van der Waals surface area contributed by atoms with Crippen molar-refractivity contribution in [3.8, 4) is 0 Å². The topological polar surface area (TPSA) is 78.9 Å². The summed E-state index contributed by atoms with van der Waals surface area (Å²) in [5.41, 5.74) is 0. The molecule has 67 heavy (non-hydrogen) atoms. The fraction of sp³-hybridized carbons (Fsp3) is 0.885. The maximum Gasteiger partial charge on any atom is 0.306 e. The summed E-state index contributed by atoms with van der Waals surface area (Å²) in [6, 6.07) is 0. The Kier molecular flexibility index (Phi) is 54.7. The molecule has 0 saturated heterocycles. The van der Waals surface area contributed by atoms with Crippen molar-refractivity contribution >= 4 is 17.9 Å². The van der Waals surface area contributed by atoms with Gasteiger partial charge in [0, 0.05) is 19.3 Å². The molecule has 0 saturated carbocycles. The standard InChI is InChI=1S/C61H114O6/c1-4-7-10-13-16-19-22-25-28-30-33-36-39-42-45-48-51-54-60(63)66-57-58(56-65-59(62)53-50-47-44-41-38-35-32-27-24-21-18-15-12-9-6-3)67-61(64)55-52-49-46-43-40-37-34-31-29-26-23-20-17-14-11-8-5-2/h25,27-28,32,58H,4-24,26,29-31,33-57H2,1-3H3/b28-25-,32-27-/t58-/m0/s1. The van der Waals surface area contributed by atoms with Gasteiger partial charge in [-0.05, 0) is 70.6 Å². The molecule has 0 heterocycles. The SMILES string of the molecule is CCCCCCCC/C=C\CCCCCCCCCC(=O)OC[C@H](COC(=O)CCCCCCC/C=C\CCCCCCCC)OC(=O)CCCCCCCCCCCCCCCCCCC. The Hall–Kier alpha value is -2.11. The van der Waals surface area contributed by atoms with Crippen molar-refractivity contribution in [3.05, 3.63) is 24.3 Å². The molecule has 0 N–H and O–H groups in total. The van der Waals surface area contributed by atoms with E-state index in [1.54, 1.807) is 0 Å². The highest BCUT2D eigenvalue weighted by Gasteiger charge is 2.19. The lowest BCUT2D eigenvalue weighted by Crippen LogP contribution is -2.30. The Labute approximate surface area is 417 Å². The maximum atomic E-state index is 12.9. The molecule has 0 aromatic rings. The Morgan fingerprint density at radius 2 is 0.493 bits per heavy atom. The molecule has 0 aliphatic carbocycles. The van der Waals surface area contributed by atoms with Crippen LogP contribution in [0.15, 0.2) is 24.3 Å². The van der Waals surface area contributed by atoms with Crippen LogP contribution < -0.4 is 0 Å². The van der Waals surface area contributed by atoms with Gasteiger partial charge in [-0.2, -0.15) is 0 Å². The lowest BCUT2D eigenvalue weighted by atomic mass is 10.0. The number of unbranched alkanes of at least 4 members (excludes halogenated alkanes) is 40. The first-order valence-electron chi connectivity index (χ1n) is 29.8. The van der Waals surface area contributed by atoms with E-state index in [0.717, 1.165) is 64.2 Å². The molecule has 0 spiro atoms. The smallest absolute Gasteiger partial charge is 0.306 e. The molecular formula is C61H114O6. The van der Waals surface area contributed by atoms with Gasteiger partial charge in [0.2, 0.25) is 0 Å². The molecule has 6 heteroatoms. The van der Waals surface area contributed by atoms with Gasteiger partial charge in [0.25, 0.3) is 0 Å². The number of esters is 3. The minimum Gasteiger partial charge on any atom is -0.462 e. The molecule has 0 aromatic heterocycles. The third-order valence-corrected chi connectivity index (χ3v) is 13.4. The fourth-order valence-corrected chi connectivity index (χ4v) is 8.91. The summed E-state index contributed by atoms with van der Waals surface area (Å²) in [6.07, 6.45) is 65.9. The second-order valence-electron chi connectivity index (χ2n) is 20.3. The highest BCUT2D eigenvalue weighted by atomic mass is 16.6. The van der Waals surface area contributed by atoms with E-state index in [2.05, 4.69) is 45.1 Å². The summed E-state index contributed by atoms with van der Waals surface area (Å²) < 4.78 is 16.9. The van der Waals surface area contributed by atoms with Gasteiger partial charge in [0.05, 0.1) is 0 Å². The number of carbonyl (C=O) groups excluding carboxylic acids is 3. The largest absolute Gasteiger partial charge is 0.462 e. The molecule has 0 rings (SSSR count).